The summed E-state index contributed by atoms with van der Waals surface area (Å²) in [5, 5.41) is 0. The van der Waals surface area contributed by atoms with E-state index in [1.54, 1.807) is 29.1 Å². The van der Waals surface area contributed by atoms with Gasteiger partial charge in [-0.2, -0.15) is 0 Å². The van der Waals surface area contributed by atoms with E-state index >= 15 is 0 Å². The highest BCUT2D eigenvalue weighted by Gasteiger charge is 2.25. The fourth-order valence-corrected chi connectivity index (χ4v) is 3.37. The molecule has 1 aliphatic heterocycles. The van der Waals surface area contributed by atoms with Crippen LogP contribution in [-0.2, 0) is 4.79 Å². The van der Waals surface area contributed by atoms with Crippen LogP contribution in [0.4, 0.5) is 5.69 Å². The van der Waals surface area contributed by atoms with Crippen LogP contribution >= 0.6 is 11.8 Å². The first kappa shape index (κ1) is 14.7. The topological polar surface area (TPSA) is 33.2 Å². The van der Waals surface area contributed by atoms with Crippen molar-refractivity contribution in [3.63, 3.8) is 0 Å². The number of carbonyl (C=O) groups excluding carboxylic acids is 1. The second-order valence-corrected chi connectivity index (χ2v) is 6.34. The second kappa shape index (κ2) is 6.25. The van der Waals surface area contributed by atoms with E-state index < -0.39 is 0 Å². The minimum atomic E-state index is 0.0359. The Morgan fingerprint density at radius 1 is 1.18 bits per heavy atom. The van der Waals surface area contributed by atoms with Crippen molar-refractivity contribution in [3.05, 3.63) is 53.9 Å². The summed E-state index contributed by atoms with van der Waals surface area (Å²) in [6.45, 7) is 1.97. The molecule has 1 aromatic heterocycles. The Balaban J connectivity index is 1.94. The van der Waals surface area contributed by atoms with E-state index in [1.165, 1.54) is 0 Å². The smallest absolute Gasteiger partial charge is 0.230 e. The van der Waals surface area contributed by atoms with Gasteiger partial charge in [-0.25, -0.2) is 0 Å². The lowest BCUT2D eigenvalue weighted by molar-refractivity contribution is -0.120. The number of benzene rings is 1. The zero-order chi connectivity index (χ0) is 15.5. The number of rotatable bonds is 0. The molecule has 0 saturated carbocycles. The van der Waals surface area contributed by atoms with Crippen LogP contribution in [0.1, 0.15) is 18.1 Å². The highest BCUT2D eigenvalue weighted by Crippen LogP contribution is 2.35. The minimum absolute atomic E-state index is 0.0359. The van der Waals surface area contributed by atoms with E-state index in [4.69, 9.17) is 0 Å². The highest BCUT2D eigenvalue weighted by molar-refractivity contribution is 7.99. The molecule has 0 radical (unpaired) electrons. The van der Waals surface area contributed by atoms with Crippen molar-refractivity contribution in [1.82, 2.24) is 4.98 Å². The third kappa shape index (κ3) is 3.00. The van der Waals surface area contributed by atoms with Gasteiger partial charge in [-0.05, 0) is 30.3 Å². The van der Waals surface area contributed by atoms with Crippen molar-refractivity contribution in [2.24, 2.45) is 5.92 Å². The fourth-order valence-electron chi connectivity index (χ4n) is 2.29. The molecule has 1 aromatic carbocycles. The quantitative estimate of drug-likeness (QED) is 0.701. The van der Waals surface area contributed by atoms with E-state index in [2.05, 4.69) is 22.9 Å². The van der Waals surface area contributed by atoms with Crippen LogP contribution in [0.3, 0.4) is 0 Å². The molecular weight excluding hydrogens is 292 g/mol. The molecule has 0 unspecified atom stereocenters. The molecule has 1 amide bonds. The number of anilines is 1. The van der Waals surface area contributed by atoms with Gasteiger partial charge in [-0.3, -0.25) is 9.78 Å². The van der Waals surface area contributed by atoms with Crippen molar-refractivity contribution in [2.75, 3.05) is 17.7 Å². The van der Waals surface area contributed by atoms with E-state index in [1.807, 2.05) is 38.2 Å². The average molecular weight is 308 g/mol. The molecule has 2 heterocycles. The van der Waals surface area contributed by atoms with Crippen LogP contribution in [0.2, 0.25) is 0 Å². The second-order valence-electron chi connectivity index (χ2n) is 5.28. The van der Waals surface area contributed by atoms with Crippen molar-refractivity contribution in [2.45, 2.75) is 11.8 Å². The van der Waals surface area contributed by atoms with E-state index in [-0.39, 0.29) is 11.8 Å². The highest BCUT2D eigenvalue weighted by atomic mass is 32.2. The van der Waals surface area contributed by atoms with Gasteiger partial charge in [0.05, 0.1) is 5.69 Å². The van der Waals surface area contributed by atoms with Gasteiger partial charge in [-0.1, -0.05) is 18.8 Å². The van der Waals surface area contributed by atoms with E-state index in [0.29, 0.717) is 0 Å². The molecule has 2 aromatic rings. The summed E-state index contributed by atoms with van der Waals surface area (Å²) < 4.78 is 0. The Hall–Kier alpha value is -2.25. The summed E-state index contributed by atoms with van der Waals surface area (Å²) in [5.41, 5.74) is 2.78. The Morgan fingerprint density at radius 3 is 2.68 bits per heavy atom. The molecule has 0 fully saturated rings. The predicted molar refractivity (Wildman–Crippen MR) is 90.0 cm³/mol. The Kier molecular flexibility index (Phi) is 4.17. The van der Waals surface area contributed by atoms with Gasteiger partial charge in [-0.15, -0.1) is 11.8 Å². The summed E-state index contributed by atoms with van der Waals surface area (Å²) >= 11 is 1.73. The third-order valence-electron chi connectivity index (χ3n) is 3.59. The molecule has 0 spiro atoms. The SMILES string of the molecule is C[C@H]1CSc2ccc(C#Cc3ccncc3)cc2N(C)C1=O. The summed E-state index contributed by atoms with van der Waals surface area (Å²) in [4.78, 5) is 19.1. The Labute approximate surface area is 134 Å². The van der Waals surface area contributed by atoms with E-state index in [9.17, 15) is 4.79 Å². The number of pyridine rings is 1. The van der Waals surface area contributed by atoms with Crippen LogP contribution < -0.4 is 4.90 Å². The summed E-state index contributed by atoms with van der Waals surface area (Å²) in [7, 11) is 1.84. The maximum atomic E-state index is 12.3. The molecule has 1 aliphatic rings. The molecule has 22 heavy (non-hydrogen) atoms. The lowest BCUT2D eigenvalue weighted by Gasteiger charge is -2.19. The molecule has 3 rings (SSSR count). The van der Waals surface area contributed by atoms with Crippen LogP contribution in [0.25, 0.3) is 0 Å². The lowest BCUT2D eigenvalue weighted by atomic mass is 10.1. The van der Waals surface area contributed by atoms with Crippen molar-refractivity contribution in [3.8, 4) is 11.8 Å². The van der Waals surface area contributed by atoms with Crippen molar-refractivity contribution < 1.29 is 4.79 Å². The predicted octanol–water partition coefficient (Wildman–Crippen LogP) is 3.19. The van der Waals surface area contributed by atoms with Gasteiger partial charge < -0.3 is 4.90 Å². The van der Waals surface area contributed by atoms with Crippen LogP contribution in [-0.4, -0.2) is 23.7 Å². The molecular formula is C18H16N2OS. The van der Waals surface area contributed by atoms with Gasteiger partial charge in [0.1, 0.15) is 0 Å². The Morgan fingerprint density at radius 2 is 1.91 bits per heavy atom. The van der Waals surface area contributed by atoms with Gasteiger partial charge in [0.15, 0.2) is 0 Å². The molecule has 4 heteroatoms. The first-order chi connectivity index (χ1) is 10.6. The molecule has 1 atom stereocenters. The maximum absolute atomic E-state index is 12.3. The fraction of sp³-hybridized carbons (Fsp3) is 0.222. The summed E-state index contributed by atoms with van der Waals surface area (Å²) in [5.74, 6) is 7.28. The number of aromatic nitrogens is 1. The van der Waals surface area contributed by atoms with Crippen LogP contribution in [0.15, 0.2) is 47.6 Å². The summed E-state index contributed by atoms with van der Waals surface area (Å²) in [6.07, 6.45) is 3.46. The number of nitrogens with zero attached hydrogens (tertiary/aromatic N) is 2. The molecule has 110 valence electrons. The number of thioether (sulfide) groups is 1. The normalized spacial score (nSPS) is 17.3. The van der Waals surface area contributed by atoms with Crippen molar-refractivity contribution in [1.29, 1.82) is 0 Å². The monoisotopic (exact) mass is 308 g/mol. The first-order valence-corrected chi connectivity index (χ1v) is 8.10. The number of hydrogen-bond donors (Lipinski definition) is 0. The first-order valence-electron chi connectivity index (χ1n) is 7.11. The van der Waals surface area contributed by atoms with Gasteiger partial charge >= 0.3 is 0 Å². The standard InChI is InChI=1S/C18H16N2OS/c1-13-12-22-17-6-5-15(11-16(17)20(2)18(13)21)4-3-14-7-9-19-10-8-14/h5-11,13H,12H2,1-2H3/t13-/m0/s1. The largest absolute Gasteiger partial charge is 0.314 e. The lowest BCUT2D eigenvalue weighted by Crippen LogP contribution is -2.31. The van der Waals surface area contributed by atoms with Gasteiger partial charge in [0.2, 0.25) is 5.91 Å². The molecule has 0 saturated heterocycles. The average Bonchev–Trinajstić information content (AvgIpc) is 2.66. The molecule has 0 bridgehead atoms. The number of carbonyl (C=O) groups is 1. The summed E-state index contributed by atoms with van der Waals surface area (Å²) in [6, 6.07) is 9.81. The van der Waals surface area contributed by atoms with Gasteiger partial charge in [0, 0.05) is 47.1 Å². The maximum Gasteiger partial charge on any atom is 0.230 e. The van der Waals surface area contributed by atoms with Crippen LogP contribution in [0.5, 0.6) is 0 Å². The molecule has 0 aliphatic carbocycles. The van der Waals surface area contributed by atoms with Crippen molar-refractivity contribution >= 4 is 23.4 Å². The Bertz CT molecular complexity index is 762. The zero-order valence-corrected chi connectivity index (χ0v) is 13.4. The van der Waals surface area contributed by atoms with E-state index in [0.717, 1.165) is 27.5 Å². The van der Waals surface area contributed by atoms with Gasteiger partial charge in [0.25, 0.3) is 0 Å². The third-order valence-corrected chi connectivity index (χ3v) is 4.92. The number of hydrogen-bond acceptors (Lipinski definition) is 3. The number of amides is 1. The molecule has 0 N–H and O–H groups in total. The van der Waals surface area contributed by atoms with Crippen LogP contribution in [0, 0.1) is 17.8 Å². The molecule has 3 nitrogen and oxygen atoms in total. The minimum Gasteiger partial charge on any atom is -0.314 e. The number of fused-ring (bicyclic) bond motifs is 1. The zero-order valence-electron chi connectivity index (χ0n) is 12.5.